The standard InChI is InChI=1S/C14H11Br2ClO/c15-12-3-1-2-10(6-12)8-18-9-11-4-5-13(16)7-14(11)17/h1-7H,8-9H2. The van der Waals surface area contributed by atoms with E-state index in [4.69, 9.17) is 16.3 Å². The number of ether oxygens (including phenoxy) is 1. The molecule has 2 rings (SSSR count). The maximum absolute atomic E-state index is 6.12. The second kappa shape index (κ2) is 6.71. The Kier molecular flexibility index (Phi) is 5.25. The van der Waals surface area contributed by atoms with Gasteiger partial charge in [-0.05, 0) is 35.4 Å². The van der Waals surface area contributed by atoms with E-state index in [9.17, 15) is 0 Å². The minimum absolute atomic E-state index is 0.513. The SMILES string of the molecule is Clc1cc(Br)ccc1COCc1cccc(Br)c1. The lowest BCUT2D eigenvalue weighted by Gasteiger charge is -2.07. The summed E-state index contributed by atoms with van der Waals surface area (Å²) in [6.45, 7) is 1.09. The molecule has 0 fully saturated rings. The van der Waals surface area contributed by atoms with Crippen LogP contribution in [0.15, 0.2) is 51.4 Å². The van der Waals surface area contributed by atoms with E-state index in [2.05, 4.69) is 31.9 Å². The third-order valence-corrected chi connectivity index (χ3v) is 3.77. The smallest absolute Gasteiger partial charge is 0.0735 e. The fraction of sp³-hybridized carbons (Fsp3) is 0.143. The minimum atomic E-state index is 0.513. The molecule has 2 aromatic rings. The molecule has 0 aliphatic heterocycles. The summed E-state index contributed by atoms with van der Waals surface area (Å²) in [5, 5.41) is 0.721. The Morgan fingerprint density at radius 3 is 2.44 bits per heavy atom. The maximum atomic E-state index is 6.12. The van der Waals surface area contributed by atoms with Gasteiger partial charge in [0.05, 0.1) is 13.2 Å². The lowest BCUT2D eigenvalue weighted by molar-refractivity contribution is 0.107. The lowest BCUT2D eigenvalue weighted by atomic mass is 10.2. The first-order valence-electron chi connectivity index (χ1n) is 5.41. The number of hydrogen-bond acceptors (Lipinski definition) is 1. The van der Waals surface area contributed by atoms with Crippen LogP contribution in [0, 0.1) is 0 Å². The van der Waals surface area contributed by atoms with Gasteiger partial charge >= 0.3 is 0 Å². The van der Waals surface area contributed by atoms with Crippen LogP contribution >= 0.6 is 43.5 Å². The van der Waals surface area contributed by atoms with E-state index in [0.29, 0.717) is 13.2 Å². The molecule has 0 amide bonds. The molecule has 0 atom stereocenters. The highest BCUT2D eigenvalue weighted by Crippen LogP contribution is 2.22. The molecule has 0 aliphatic carbocycles. The Morgan fingerprint density at radius 2 is 1.72 bits per heavy atom. The van der Waals surface area contributed by atoms with E-state index in [1.807, 2.05) is 42.5 Å². The molecule has 0 aromatic heterocycles. The molecule has 1 nitrogen and oxygen atoms in total. The molecule has 0 spiro atoms. The van der Waals surface area contributed by atoms with Gasteiger partial charge in [-0.3, -0.25) is 0 Å². The topological polar surface area (TPSA) is 9.23 Å². The monoisotopic (exact) mass is 388 g/mol. The molecule has 4 heteroatoms. The summed E-state index contributed by atoms with van der Waals surface area (Å²) >= 11 is 12.9. The van der Waals surface area contributed by atoms with Crippen molar-refractivity contribution in [1.82, 2.24) is 0 Å². The summed E-state index contributed by atoms with van der Waals surface area (Å²) in [6.07, 6.45) is 0. The van der Waals surface area contributed by atoms with Crippen molar-refractivity contribution in [3.05, 3.63) is 67.6 Å². The third kappa shape index (κ3) is 4.09. The van der Waals surface area contributed by atoms with Crippen molar-refractivity contribution < 1.29 is 4.74 Å². The van der Waals surface area contributed by atoms with Crippen molar-refractivity contribution in [3.8, 4) is 0 Å². The van der Waals surface area contributed by atoms with Crippen LogP contribution in [-0.4, -0.2) is 0 Å². The van der Waals surface area contributed by atoms with Crippen LogP contribution in [0.3, 0.4) is 0 Å². The van der Waals surface area contributed by atoms with E-state index in [1.54, 1.807) is 0 Å². The highest BCUT2D eigenvalue weighted by molar-refractivity contribution is 9.10. The van der Waals surface area contributed by atoms with Gasteiger partial charge in [0.25, 0.3) is 0 Å². The van der Waals surface area contributed by atoms with Crippen LogP contribution < -0.4 is 0 Å². The number of rotatable bonds is 4. The first-order chi connectivity index (χ1) is 8.65. The van der Waals surface area contributed by atoms with E-state index in [-0.39, 0.29) is 0 Å². The molecule has 0 radical (unpaired) electrons. The van der Waals surface area contributed by atoms with Crippen molar-refractivity contribution in [2.24, 2.45) is 0 Å². The minimum Gasteiger partial charge on any atom is -0.372 e. The Hall–Kier alpha value is -0.350. The van der Waals surface area contributed by atoms with Gasteiger partial charge in [0.2, 0.25) is 0 Å². The zero-order chi connectivity index (χ0) is 13.0. The van der Waals surface area contributed by atoms with Crippen LogP contribution in [0.2, 0.25) is 5.02 Å². The molecule has 2 aromatic carbocycles. The quantitative estimate of drug-likeness (QED) is 0.662. The molecule has 0 saturated heterocycles. The summed E-state index contributed by atoms with van der Waals surface area (Å²) in [5.74, 6) is 0. The van der Waals surface area contributed by atoms with Crippen LogP contribution in [-0.2, 0) is 18.0 Å². The number of benzene rings is 2. The van der Waals surface area contributed by atoms with E-state index >= 15 is 0 Å². The predicted molar refractivity (Wildman–Crippen MR) is 81.8 cm³/mol. The van der Waals surface area contributed by atoms with Gasteiger partial charge in [-0.25, -0.2) is 0 Å². The van der Waals surface area contributed by atoms with Gasteiger partial charge in [0.1, 0.15) is 0 Å². The van der Waals surface area contributed by atoms with Gasteiger partial charge in [0, 0.05) is 14.0 Å². The fourth-order valence-electron chi connectivity index (χ4n) is 1.54. The lowest BCUT2D eigenvalue weighted by Crippen LogP contribution is -1.95. The second-order valence-corrected chi connectivity index (χ2v) is 6.10. The first kappa shape index (κ1) is 14.1. The fourth-order valence-corrected chi connectivity index (χ4v) is 2.72. The summed E-state index contributed by atoms with van der Waals surface area (Å²) in [4.78, 5) is 0. The van der Waals surface area contributed by atoms with Crippen molar-refractivity contribution in [3.63, 3.8) is 0 Å². The predicted octanol–water partition coefficient (Wildman–Crippen LogP) is 5.58. The van der Waals surface area contributed by atoms with Gasteiger partial charge in [0.15, 0.2) is 0 Å². The molecule has 94 valence electrons. The molecule has 0 aliphatic rings. The largest absolute Gasteiger partial charge is 0.372 e. The average molecular weight is 391 g/mol. The molecular formula is C14H11Br2ClO. The Balaban J connectivity index is 1.92. The van der Waals surface area contributed by atoms with Gasteiger partial charge < -0.3 is 4.74 Å². The highest BCUT2D eigenvalue weighted by Gasteiger charge is 2.01. The number of halogens is 3. The van der Waals surface area contributed by atoms with E-state index in [0.717, 1.165) is 25.1 Å². The number of hydrogen-bond donors (Lipinski definition) is 0. The van der Waals surface area contributed by atoms with Gasteiger partial charge in [-0.1, -0.05) is 61.7 Å². The zero-order valence-electron chi connectivity index (χ0n) is 9.50. The molecule has 0 bridgehead atoms. The van der Waals surface area contributed by atoms with Crippen LogP contribution in [0.4, 0.5) is 0 Å². The maximum Gasteiger partial charge on any atom is 0.0735 e. The zero-order valence-corrected chi connectivity index (χ0v) is 13.4. The second-order valence-electron chi connectivity index (χ2n) is 3.86. The summed E-state index contributed by atoms with van der Waals surface area (Å²) in [7, 11) is 0. The first-order valence-corrected chi connectivity index (χ1v) is 7.37. The molecule has 18 heavy (non-hydrogen) atoms. The van der Waals surface area contributed by atoms with E-state index in [1.165, 1.54) is 0 Å². The Bertz CT molecular complexity index is 543. The van der Waals surface area contributed by atoms with Crippen LogP contribution in [0.25, 0.3) is 0 Å². The molecule has 0 saturated carbocycles. The normalized spacial score (nSPS) is 10.6. The van der Waals surface area contributed by atoms with Crippen molar-refractivity contribution >= 4 is 43.5 Å². The van der Waals surface area contributed by atoms with E-state index < -0.39 is 0 Å². The summed E-state index contributed by atoms with van der Waals surface area (Å²) < 4.78 is 7.70. The molecule has 0 unspecified atom stereocenters. The van der Waals surface area contributed by atoms with Crippen molar-refractivity contribution in [2.45, 2.75) is 13.2 Å². The van der Waals surface area contributed by atoms with Crippen LogP contribution in [0.5, 0.6) is 0 Å². The average Bonchev–Trinajstić information content (AvgIpc) is 2.32. The Labute approximate surface area is 128 Å². The van der Waals surface area contributed by atoms with Gasteiger partial charge in [-0.2, -0.15) is 0 Å². The Morgan fingerprint density at radius 1 is 0.944 bits per heavy atom. The highest BCUT2D eigenvalue weighted by atomic mass is 79.9. The van der Waals surface area contributed by atoms with Crippen LogP contribution in [0.1, 0.15) is 11.1 Å². The van der Waals surface area contributed by atoms with Gasteiger partial charge in [-0.15, -0.1) is 0 Å². The molecule has 0 heterocycles. The summed E-state index contributed by atoms with van der Waals surface area (Å²) in [5.41, 5.74) is 2.13. The molecular weight excluding hydrogens is 379 g/mol. The summed E-state index contributed by atoms with van der Waals surface area (Å²) in [6, 6.07) is 13.9. The van der Waals surface area contributed by atoms with Crippen molar-refractivity contribution in [1.29, 1.82) is 0 Å². The molecule has 0 N–H and O–H groups in total. The van der Waals surface area contributed by atoms with Crippen molar-refractivity contribution in [2.75, 3.05) is 0 Å². The third-order valence-electron chi connectivity index (χ3n) is 2.43.